The smallest absolute Gasteiger partial charge is 0.419 e. The van der Waals surface area contributed by atoms with Crippen LogP contribution in [0.3, 0.4) is 0 Å². The highest BCUT2D eigenvalue weighted by molar-refractivity contribution is 7.94. The van der Waals surface area contributed by atoms with E-state index in [0.29, 0.717) is 25.1 Å². The molecule has 2 N–H and O–H groups in total. The third-order valence-electron chi connectivity index (χ3n) is 5.85. The van der Waals surface area contributed by atoms with E-state index in [1.54, 1.807) is 6.92 Å². The van der Waals surface area contributed by atoms with Crippen LogP contribution in [0.5, 0.6) is 5.75 Å². The zero-order valence-corrected chi connectivity index (χ0v) is 22.1. The van der Waals surface area contributed by atoms with Crippen molar-refractivity contribution in [2.75, 3.05) is 36.8 Å². The Morgan fingerprint density at radius 1 is 1.14 bits per heavy atom. The zero-order chi connectivity index (χ0) is 26.3. The lowest BCUT2D eigenvalue weighted by Gasteiger charge is -2.27. The van der Waals surface area contributed by atoms with E-state index in [0.717, 1.165) is 40.8 Å². The van der Waals surface area contributed by atoms with E-state index in [2.05, 4.69) is 10.0 Å². The number of sulfonamides is 1. The summed E-state index contributed by atoms with van der Waals surface area (Å²) in [5, 5.41) is 3.06. The maximum Gasteiger partial charge on any atom is 0.419 e. The largest absolute Gasteiger partial charge is 0.485 e. The lowest BCUT2D eigenvalue weighted by Crippen LogP contribution is -2.35. The van der Waals surface area contributed by atoms with E-state index in [1.807, 2.05) is 43.3 Å². The molecule has 12 heteroatoms. The summed E-state index contributed by atoms with van der Waals surface area (Å²) in [5.74, 6) is -0.431. The van der Waals surface area contributed by atoms with Crippen LogP contribution in [-0.4, -0.2) is 41.2 Å². The molecular formula is C24H25ClF3N3O3S2. The van der Waals surface area contributed by atoms with Gasteiger partial charge in [0.05, 0.1) is 11.3 Å². The van der Waals surface area contributed by atoms with E-state index in [9.17, 15) is 21.6 Å². The molecular weight excluding hydrogens is 535 g/mol. The Bertz CT molecular complexity index is 1350. The number of benzene rings is 2. The minimum atomic E-state index is -4.66. The van der Waals surface area contributed by atoms with Gasteiger partial charge in [0.15, 0.2) is 0 Å². The summed E-state index contributed by atoms with van der Waals surface area (Å²) in [6, 6.07) is 11.9. The number of hydrogen-bond donors (Lipinski definition) is 2. The van der Waals surface area contributed by atoms with Gasteiger partial charge in [-0.05, 0) is 49.4 Å². The van der Waals surface area contributed by atoms with Crippen molar-refractivity contribution in [3.8, 4) is 16.9 Å². The number of halogens is 4. The van der Waals surface area contributed by atoms with E-state index in [4.69, 9.17) is 16.3 Å². The summed E-state index contributed by atoms with van der Waals surface area (Å²) in [7, 11) is -0.309. The van der Waals surface area contributed by atoms with Gasteiger partial charge in [-0.15, -0.1) is 11.3 Å². The highest BCUT2D eigenvalue weighted by atomic mass is 35.5. The predicted octanol–water partition coefficient (Wildman–Crippen LogP) is 6.08. The van der Waals surface area contributed by atoms with Crippen LogP contribution >= 0.6 is 22.9 Å². The molecule has 0 radical (unpaired) electrons. The molecule has 1 saturated heterocycles. The average molecular weight is 560 g/mol. The first kappa shape index (κ1) is 26.6. The molecule has 6 nitrogen and oxygen atoms in total. The number of rotatable bonds is 7. The van der Waals surface area contributed by atoms with Gasteiger partial charge in [0.2, 0.25) is 0 Å². The van der Waals surface area contributed by atoms with Crippen LogP contribution in [0.25, 0.3) is 11.1 Å². The molecule has 0 amide bonds. The van der Waals surface area contributed by atoms with Crippen LogP contribution in [0.15, 0.2) is 52.7 Å². The first-order valence-corrected chi connectivity index (χ1v) is 13.7. The summed E-state index contributed by atoms with van der Waals surface area (Å²) < 4.78 is 75.4. The fourth-order valence-electron chi connectivity index (χ4n) is 3.87. The lowest BCUT2D eigenvalue weighted by molar-refractivity contribution is -0.139. The molecule has 0 spiro atoms. The summed E-state index contributed by atoms with van der Waals surface area (Å²) in [6.07, 6.45) is -4.14. The first-order valence-electron chi connectivity index (χ1n) is 11.0. The molecule has 1 aliphatic rings. The molecule has 0 unspecified atom stereocenters. The molecule has 3 aromatic rings. The van der Waals surface area contributed by atoms with Gasteiger partial charge in [0.1, 0.15) is 19.9 Å². The van der Waals surface area contributed by atoms with Crippen LogP contribution in [0.4, 0.5) is 24.5 Å². The van der Waals surface area contributed by atoms with Crippen molar-refractivity contribution in [1.29, 1.82) is 0 Å². The molecule has 0 aliphatic carbocycles. The van der Waals surface area contributed by atoms with Gasteiger partial charge < -0.3 is 15.0 Å². The molecule has 36 heavy (non-hydrogen) atoms. The number of hydrogen-bond acceptors (Lipinski definition) is 6. The van der Waals surface area contributed by atoms with Crippen LogP contribution < -0.4 is 19.7 Å². The Balaban J connectivity index is 1.62. The van der Waals surface area contributed by atoms with Gasteiger partial charge in [-0.25, -0.2) is 8.42 Å². The van der Waals surface area contributed by atoms with Crippen molar-refractivity contribution < 1.29 is 26.3 Å². The molecule has 0 bridgehead atoms. The highest BCUT2D eigenvalue weighted by Crippen LogP contribution is 2.42. The lowest BCUT2D eigenvalue weighted by atomic mass is 10.1. The average Bonchev–Trinajstić information content (AvgIpc) is 3.39. The van der Waals surface area contributed by atoms with Crippen molar-refractivity contribution in [2.45, 2.75) is 29.3 Å². The standard InChI is InChI=1S/C24H25ClF3N3O3S2/c1-23(10-11-29-14-23)34-20-12-16(6-9-19(20)24(26,27)28)30-36(32,33)21-13-18(22(25)35-21)15-4-7-17(8-5-15)31(2)3/h4-9,12-13,29-30H,10-11,14H2,1-3H3/t23-/m1/s1. The van der Waals surface area contributed by atoms with Crippen molar-refractivity contribution >= 4 is 44.3 Å². The fraction of sp³-hybridized carbons (Fsp3) is 0.333. The van der Waals surface area contributed by atoms with Gasteiger partial charge in [0, 0.05) is 44.4 Å². The van der Waals surface area contributed by atoms with E-state index in [-0.39, 0.29) is 14.2 Å². The summed E-state index contributed by atoms with van der Waals surface area (Å²) in [5.41, 5.74) is 0.408. The summed E-state index contributed by atoms with van der Waals surface area (Å²) in [4.78, 5) is 1.93. The molecule has 4 rings (SSSR count). The summed E-state index contributed by atoms with van der Waals surface area (Å²) >= 11 is 7.23. The second-order valence-electron chi connectivity index (χ2n) is 8.99. The molecule has 1 atom stereocenters. The van der Waals surface area contributed by atoms with Gasteiger partial charge >= 0.3 is 6.18 Å². The molecule has 2 aromatic carbocycles. The topological polar surface area (TPSA) is 70.7 Å². The molecule has 1 aliphatic heterocycles. The van der Waals surface area contributed by atoms with Crippen molar-refractivity contribution in [3.63, 3.8) is 0 Å². The van der Waals surface area contributed by atoms with E-state index < -0.39 is 33.1 Å². The molecule has 2 heterocycles. The normalized spacial score (nSPS) is 18.3. The number of nitrogens with zero attached hydrogens (tertiary/aromatic N) is 1. The van der Waals surface area contributed by atoms with Crippen LogP contribution in [0.1, 0.15) is 18.9 Å². The van der Waals surface area contributed by atoms with Gasteiger partial charge in [-0.3, -0.25) is 4.72 Å². The Labute approximate surface area is 217 Å². The summed E-state index contributed by atoms with van der Waals surface area (Å²) in [6.45, 7) is 2.71. The van der Waals surface area contributed by atoms with Crippen LogP contribution in [-0.2, 0) is 16.2 Å². The van der Waals surface area contributed by atoms with Crippen molar-refractivity contribution in [2.24, 2.45) is 0 Å². The maximum atomic E-state index is 13.6. The predicted molar refractivity (Wildman–Crippen MR) is 138 cm³/mol. The van der Waals surface area contributed by atoms with Gasteiger partial charge in [0.25, 0.3) is 10.0 Å². The fourth-order valence-corrected chi connectivity index (χ4v) is 6.69. The number of ether oxygens (including phenoxy) is 1. The van der Waals surface area contributed by atoms with Crippen LogP contribution in [0.2, 0.25) is 4.34 Å². The Morgan fingerprint density at radius 2 is 1.83 bits per heavy atom. The number of nitrogens with one attached hydrogen (secondary N) is 2. The quantitative estimate of drug-likeness (QED) is 0.367. The molecule has 0 saturated carbocycles. The third kappa shape index (κ3) is 5.74. The zero-order valence-electron chi connectivity index (χ0n) is 19.7. The minimum absolute atomic E-state index is 0.0473. The van der Waals surface area contributed by atoms with Crippen LogP contribution in [0, 0.1) is 0 Å². The van der Waals surface area contributed by atoms with Gasteiger partial charge in [-0.2, -0.15) is 13.2 Å². The second-order valence-corrected chi connectivity index (χ2v) is 12.6. The van der Waals surface area contributed by atoms with Crippen molar-refractivity contribution in [3.05, 3.63) is 58.4 Å². The van der Waals surface area contributed by atoms with E-state index in [1.165, 1.54) is 6.07 Å². The number of anilines is 2. The number of thiophene rings is 1. The van der Waals surface area contributed by atoms with Crippen molar-refractivity contribution in [1.82, 2.24) is 5.32 Å². The molecule has 194 valence electrons. The third-order valence-corrected chi connectivity index (χ3v) is 9.06. The highest BCUT2D eigenvalue weighted by Gasteiger charge is 2.38. The second kappa shape index (κ2) is 9.77. The van der Waals surface area contributed by atoms with E-state index >= 15 is 0 Å². The molecule has 1 fully saturated rings. The Hall–Kier alpha value is -2.47. The SMILES string of the molecule is CN(C)c1ccc(-c2cc(S(=O)(=O)Nc3ccc(C(F)(F)F)c(O[C@]4(C)CCNC4)c3)sc2Cl)cc1. The van der Waals surface area contributed by atoms with Gasteiger partial charge in [-0.1, -0.05) is 23.7 Å². The maximum absolute atomic E-state index is 13.6. The Kier molecular flexibility index (Phi) is 7.22. The first-order chi connectivity index (χ1) is 16.8. The number of alkyl halides is 3. The monoisotopic (exact) mass is 559 g/mol. The Morgan fingerprint density at radius 3 is 2.42 bits per heavy atom. The minimum Gasteiger partial charge on any atom is -0.485 e. The molecule has 1 aromatic heterocycles.